The molecule has 0 spiro atoms. The van der Waals surface area contributed by atoms with Gasteiger partial charge in [0.15, 0.2) is 0 Å². The first kappa shape index (κ1) is 17.5. The van der Waals surface area contributed by atoms with Gasteiger partial charge in [-0.1, -0.05) is 30.3 Å². The van der Waals surface area contributed by atoms with E-state index in [-0.39, 0.29) is 17.4 Å². The number of halogens is 1. The first-order valence-electron chi connectivity index (χ1n) is 8.22. The van der Waals surface area contributed by atoms with Crippen molar-refractivity contribution in [3.8, 4) is 0 Å². The SMILES string of the molecule is Cc1nc(NCc2ccc(F)cc2)cc(C(=O)Nc2ccccc2C)n1. The predicted molar refractivity (Wildman–Crippen MR) is 99.6 cm³/mol. The second kappa shape index (κ2) is 7.74. The summed E-state index contributed by atoms with van der Waals surface area (Å²) in [4.78, 5) is 21.0. The summed E-state index contributed by atoms with van der Waals surface area (Å²) in [5.41, 5.74) is 2.91. The van der Waals surface area contributed by atoms with Crippen molar-refractivity contribution in [1.82, 2.24) is 9.97 Å². The second-order valence-corrected chi connectivity index (χ2v) is 5.93. The molecule has 0 atom stereocenters. The van der Waals surface area contributed by atoms with Gasteiger partial charge in [-0.15, -0.1) is 0 Å². The van der Waals surface area contributed by atoms with Crippen molar-refractivity contribution in [2.75, 3.05) is 10.6 Å². The van der Waals surface area contributed by atoms with Crippen LogP contribution in [0.1, 0.15) is 27.4 Å². The zero-order valence-electron chi connectivity index (χ0n) is 14.6. The van der Waals surface area contributed by atoms with Crippen LogP contribution in [0.2, 0.25) is 0 Å². The van der Waals surface area contributed by atoms with Crippen molar-refractivity contribution < 1.29 is 9.18 Å². The molecule has 26 heavy (non-hydrogen) atoms. The van der Waals surface area contributed by atoms with Crippen molar-refractivity contribution in [3.05, 3.63) is 83.1 Å². The van der Waals surface area contributed by atoms with E-state index in [2.05, 4.69) is 20.6 Å². The number of anilines is 2. The molecule has 0 bridgehead atoms. The van der Waals surface area contributed by atoms with Crippen LogP contribution in [0.3, 0.4) is 0 Å². The third-order valence-electron chi connectivity index (χ3n) is 3.85. The number of aryl methyl sites for hydroxylation is 2. The number of rotatable bonds is 5. The Kier molecular flexibility index (Phi) is 5.22. The molecule has 0 saturated heterocycles. The van der Waals surface area contributed by atoms with E-state index in [9.17, 15) is 9.18 Å². The number of amides is 1. The number of para-hydroxylation sites is 1. The molecule has 0 unspecified atom stereocenters. The molecule has 0 saturated carbocycles. The summed E-state index contributed by atoms with van der Waals surface area (Å²) in [6, 6.07) is 15.4. The lowest BCUT2D eigenvalue weighted by Crippen LogP contribution is -2.16. The highest BCUT2D eigenvalue weighted by molar-refractivity contribution is 6.03. The molecule has 3 rings (SSSR count). The van der Waals surface area contributed by atoms with E-state index in [0.717, 1.165) is 16.8 Å². The number of hydrogen-bond donors (Lipinski definition) is 2. The summed E-state index contributed by atoms with van der Waals surface area (Å²) in [7, 11) is 0. The Hall–Kier alpha value is -3.28. The molecule has 2 aromatic carbocycles. The Morgan fingerprint density at radius 3 is 2.50 bits per heavy atom. The van der Waals surface area contributed by atoms with Crippen LogP contribution in [-0.4, -0.2) is 15.9 Å². The summed E-state index contributed by atoms with van der Waals surface area (Å²) >= 11 is 0. The van der Waals surface area contributed by atoms with Crippen molar-refractivity contribution in [2.24, 2.45) is 0 Å². The molecule has 0 aliphatic heterocycles. The van der Waals surface area contributed by atoms with Crippen LogP contribution < -0.4 is 10.6 Å². The lowest BCUT2D eigenvalue weighted by Gasteiger charge is -2.10. The van der Waals surface area contributed by atoms with E-state index in [1.165, 1.54) is 12.1 Å². The summed E-state index contributed by atoms with van der Waals surface area (Å²) in [5.74, 6) is 0.456. The Bertz CT molecular complexity index is 925. The first-order chi connectivity index (χ1) is 12.5. The van der Waals surface area contributed by atoms with Crippen molar-refractivity contribution in [3.63, 3.8) is 0 Å². The molecular weight excluding hydrogens is 331 g/mol. The average molecular weight is 350 g/mol. The lowest BCUT2D eigenvalue weighted by molar-refractivity contribution is 0.102. The molecule has 1 heterocycles. The van der Waals surface area contributed by atoms with Crippen LogP contribution in [0.4, 0.5) is 15.9 Å². The fraction of sp³-hybridized carbons (Fsp3) is 0.150. The highest BCUT2D eigenvalue weighted by Gasteiger charge is 2.12. The molecule has 0 aliphatic carbocycles. The molecule has 2 N–H and O–H groups in total. The number of nitrogens with zero attached hydrogens (tertiary/aromatic N) is 2. The summed E-state index contributed by atoms with van der Waals surface area (Å²) in [6.07, 6.45) is 0. The van der Waals surface area contributed by atoms with Crippen LogP contribution in [0.25, 0.3) is 0 Å². The normalized spacial score (nSPS) is 10.4. The summed E-state index contributed by atoms with van der Waals surface area (Å²) in [5, 5.41) is 6.00. The van der Waals surface area contributed by atoms with Crippen LogP contribution in [-0.2, 0) is 6.54 Å². The maximum atomic E-state index is 13.0. The minimum Gasteiger partial charge on any atom is -0.366 e. The largest absolute Gasteiger partial charge is 0.366 e. The topological polar surface area (TPSA) is 66.9 Å². The van der Waals surface area contributed by atoms with Gasteiger partial charge >= 0.3 is 0 Å². The first-order valence-corrected chi connectivity index (χ1v) is 8.22. The van der Waals surface area contributed by atoms with Crippen molar-refractivity contribution in [1.29, 1.82) is 0 Å². The molecule has 1 aromatic heterocycles. The van der Waals surface area contributed by atoms with Gasteiger partial charge in [0.05, 0.1) is 0 Å². The fourth-order valence-corrected chi connectivity index (χ4v) is 2.47. The third-order valence-corrected chi connectivity index (χ3v) is 3.85. The summed E-state index contributed by atoms with van der Waals surface area (Å²) < 4.78 is 13.0. The number of hydrogen-bond acceptors (Lipinski definition) is 4. The molecule has 6 heteroatoms. The van der Waals surface area contributed by atoms with E-state index in [1.54, 1.807) is 25.1 Å². The van der Waals surface area contributed by atoms with Gasteiger partial charge in [-0.05, 0) is 43.2 Å². The number of nitrogens with one attached hydrogen (secondary N) is 2. The smallest absolute Gasteiger partial charge is 0.274 e. The van der Waals surface area contributed by atoms with Gasteiger partial charge < -0.3 is 10.6 Å². The van der Waals surface area contributed by atoms with Crippen LogP contribution in [0.15, 0.2) is 54.6 Å². The van der Waals surface area contributed by atoms with Crippen molar-refractivity contribution in [2.45, 2.75) is 20.4 Å². The average Bonchev–Trinajstić information content (AvgIpc) is 2.63. The monoisotopic (exact) mass is 350 g/mol. The molecule has 132 valence electrons. The minimum absolute atomic E-state index is 0.276. The maximum Gasteiger partial charge on any atom is 0.274 e. The molecule has 3 aromatic rings. The quantitative estimate of drug-likeness (QED) is 0.727. The molecule has 5 nitrogen and oxygen atoms in total. The zero-order valence-corrected chi connectivity index (χ0v) is 14.6. The molecular formula is C20H19FN4O. The molecule has 1 amide bonds. The Morgan fingerprint density at radius 1 is 1.04 bits per heavy atom. The van der Waals surface area contributed by atoms with E-state index >= 15 is 0 Å². The van der Waals surface area contributed by atoms with Crippen LogP contribution in [0.5, 0.6) is 0 Å². The molecule has 0 radical (unpaired) electrons. The number of benzene rings is 2. The number of aromatic nitrogens is 2. The van der Waals surface area contributed by atoms with E-state index in [4.69, 9.17) is 0 Å². The maximum absolute atomic E-state index is 13.0. The van der Waals surface area contributed by atoms with Crippen molar-refractivity contribution >= 4 is 17.4 Å². The number of carbonyl (C=O) groups excluding carboxylic acids is 1. The van der Waals surface area contributed by atoms with Gasteiger partial charge in [-0.25, -0.2) is 14.4 Å². The standard InChI is InChI=1S/C20H19FN4O/c1-13-5-3-4-6-17(13)25-20(26)18-11-19(24-14(2)23-18)22-12-15-7-9-16(21)10-8-15/h3-11H,12H2,1-2H3,(H,25,26)(H,22,23,24). The Labute approximate surface area is 151 Å². The molecule has 0 fully saturated rings. The predicted octanol–water partition coefficient (Wildman–Crippen LogP) is 4.10. The zero-order chi connectivity index (χ0) is 18.5. The van der Waals surface area contributed by atoms with Gasteiger partial charge in [-0.2, -0.15) is 0 Å². The fourth-order valence-electron chi connectivity index (χ4n) is 2.47. The highest BCUT2D eigenvalue weighted by Crippen LogP contribution is 2.15. The Morgan fingerprint density at radius 2 is 1.77 bits per heavy atom. The van der Waals surface area contributed by atoms with Gasteiger partial charge in [0.25, 0.3) is 5.91 Å². The second-order valence-electron chi connectivity index (χ2n) is 5.93. The van der Waals surface area contributed by atoms with E-state index in [1.807, 2.05) is 31.2 Å². The van der Waals surface area contributed by atoms with Crippen LogP contribution >= 0.6 is 0 Å². The Balaban J connectivity index is 1.73. The minimum atomic E-state index is -0.297. The highest BCUT2D eigenvalue weighted by atomic mass is 19.1. The van der Waals surface area contributed by atoms with E-state index in [0.29, 0.717) is 18.2 Å². The van der Waals surface area contributed by atoms with E-state index < -0.39 is 0 Å². The van der Waals surface area contributed by atoms with Gasteiger partial charge in [0.1, 0.15) is 23.2 Å². The van der Waals surface area contributed by atoms with Gasteiger partial charge in [-0.3, -0.25) is 4.79 Å². The molecule has 0 aliphatic rings. The summed E-state index contributed by atoms with van der Waals surface area (Å²) in [6.45, 7) is 4.12. The lowest BCUT2D eigenvalue weighted by atomic mass is 10.2. The van der Waals surface area contributed by atoms with Gasteiger partial charge in [0.2, 0.25) is 0 Å². The van der Waals surface area contributed by atoms with Crippen LogP contribution in [0, 0.1) is 19.7 Å². The van der Waals surface area contributed by atoms with Gasteiger partial charge in [0, 0.05) is 18.3 Å². The third kappa shape index (κ3) is 4.42. The number of carbonyl (C=O) groups is 1.